The third-order valence-corrected chi connectivity index (χ3v) is 5.82. The van der Waals surface area contributed by atoms with Crippen LogP contribution in [-0.4, -0.2) is 28.1 Å². The molecular formula is C27H31N3O5. The molecule has 35 heavy (non-hydrogen) atoms. The average molecular weight is 478 g/mol. The van der Waals surface area contributed by atoms with Crippen molar-refractivity contribution < 1.29 is 23.8 Å². The van der Waals surface area contributed by atoms with Gasteiger partial charge in [0.2, 0.25) is 0 Å². The minimum Gasteiger partial charge on any atom is -0.444 e. The van der Waals surface area contributed by atoms with E-state index in [4.69, 9.17) is 19.3 Å². The number of aromatic nitrogens is 2. The van der Waals surface area contributed by atoms with Gasteiger partial charge in [-0.2, -0.15) is 5.10 Å². The highest BCUT2D eigenvalue weighted by molar-refractivity contribution is 5.83. The summed E-state index contributed by atoms with van der Waals surface area (Å²) in [6.07, 6.45) is 0.695. The van der Waals surface area contributed by atoms with E-state index in [0.29, 0.717) is 18.0 Å². The van der Waals surface area contributed by atoms with Gasteiger partial charge >= 0.3 is 12.2 Å². The Kier molecular flexibility index (Phi) is 7.39. The fourth-order valence-corrected chi connectivity index (χ4v) is 4.12. The number of anilines is 1. The van der Waals surface area contributed by atoms with Gasteiger partial charge in [0.15, 0.2) is 0 Å². The van der Waals surface area contributed by atoms with E-state index >= 15 is 0 Å². The Balaban J connectivity index is 1.37. The van der Waals surface area contributed by atoms with Crippen LogP contribution in [0.1, 0.15) is 57.2 Å². The Hall–Kier alpha value is -3.81. The van der Waals surface area contributed by atoms with Crippen LogP contribution in [0.25, 0.3) is 0 Å². The SMILES string of the molecule is CC(C)(C)n1nc([C@H]2CC[C@@H](OC(=O)Oc3ccccc3)C2)cc1NC(=O)OCc1ccccc1. The van der Waals surface area contributed by atoms with E-state index in [0.717, 1.165) is 24.1 Å². The summed E-state index contributed by atoms with van der Waals surface area (Å²) in [5, 5.41) is 7.63. The second-order valence-electron chi connectivity index (χ2n) is 9.64. The standard InChI is InChI=1S/C27H31N3O5/c1-27(2,3)30-24(28-25(31)33-18-19-10-6-4-7-11-19)17-23(29-30)20-14-15-22(16-20)35-26(32)34-21-12-8-5-9-13-21/h4-13,17,20,22H,14-16,18H2,1-3H3,(H,28,31)/t20-,22+/m0/s1. The number of amides is 1. The van der Waals surface area contributed by atoms with Gasteiger partial charge in [-0.05, 0) is 57.7 Å². The Morgan fingerprint density at radius 1 is 1.03 bits per heavy atom. The van der Waals surface area contributed by atoms with Crippen LogP contribution in [0.15, 0.2) is 66.7 Å². The number of benzene rings is 2. The van der Waals surface area contributed by atoms with E-state index in [1.54, 1.807) is 28.9 Å². The molecule has 1 aliphatic rings. The summed E-state index contributed by atoms with van der Waals surface area (Å²) < 4.78 is 17.9. The minimum atomic E-state index is -0.703. The molecule has 1 amide bonds. The molecule has 0 radical (unpaired) electrons. The number of nitrogens with one attached hydrogen (secondary N) is 1. The summed E-state index contributed by atoms with van der Waals surface area (Å²) in [6.45, 7) is 6.24. The zero-order valence-electron chi connectivity index (χ0n) is 20.3. The van der Waals surface area contributed by atoms with Crippen molar-refractivity contribution in [2.24, 2.45) is 0 Å². The lowest BCUT2D eigenvalue weighted by atomic mass is 10.0. The molecule has 0 saturated heterocycles. The first kappa shape index (κ1) is 24.3. The molecular weight excluding hydrogens is 446 g/mol. The Morgan fingerprint density at radius 2 is 1.71 bits per heavy atom. The second-order valence-corrected chi connectivity index (χ2v) is 9.64. The third-order valence-electron chi connectivity index (χ3n) is 5.82. The average Bonchev–Trinajstić information content (AvgIpc) is 3.46. The van der Waals surface area contributed by atoms with Crippen LogP contribution < -0.4 is 10.1 Å². The molecule has 1 fully saturated rings. The predicted octanol–water partition coefficient (Wildman–Crippen LogP) is 6.24. The van der Waals surface area contributed by atoms with Crippen LogP contribution >= 0.6 is 0 Å². The quantitative estimate of drug-likeness (QED) is 0.334. The maximum Gasteiger partial charge on any atom is 0.514 e. The molecule has 2 atom stereocenters. The highest BCUT2D eigenvalue weighted by atomic mass is 16.7. The van der Waals surface area contributed by atoms with E-state index < -0.39 is 12.2 Å². The van der Waals surface area contributed by atoms with E-state index in [1.807, 2.05) is 63.2 Å². The number of para-hydroxylation sites is 1. The van der Waals surface area contributed by atoms with Crippen molar-refractivity contribution in [3.05, 3.63) is 78.0 Å². The summed E-state index contributed by atoms with van der Waals surface area (Å²) in [7, 11) is 0. The summed E-state index contributed by atoms with van der Waals surface area (Å²) in [5.41, 5.74) is 1.41. The molecule has 0 bridgehead atoms. The first-order chi connectivity index (χ1) is 16.8. The van der Waals surface area contributed by atoms with Crippen molar-refractivity contribution >= 4 is 18.1 Å². The molecule has 8 nitrogen and oxygen atoms in total. The largest absolute Gasteiger partial charge is 0.514 e. The number of carbonyl (C=O) groups is 2. The lowest BCUT2D eigenvalue weighted by molar-refractivity contribution is 0.0606. The molecule has 0 aliphatic heterocycles. The van der Waals surface area contributed by atoms with Crippen LogP contribution in [0.5, 0.6) is 5.75 Å². The highest BCUT2D eigenvalue weighted by Crippen LogP contribution is 2.37. The van der Waals surface area contributed by atoms with Gasteiger partial charge in [0, 0.05) is 12.0 Å². The van der Waals surface area contributed by atoms with Crippen molar-refractivity contribution in [1.29, 1.82) is 0 Å². The van der Waals surface area contributed by atoms with Crippen LogP contribution in [-0.2, 0) is 21.6 Å². The smallest absolute Gasteiger partial charge is 0.444 e. The molecule has 1 heterocycles. The topological polar surface area (TPSA) is 91.7 Å². The van der Waals surface area contributed by atoms with Gasteiger partial charge in [-0.1, -0.05) is 48.5 Å². The third kappa shape index (κ3) is 6.62. The number of ether oxygens (including phenoxy) is 3. The van der Waals surface area contributed by atoms with Gasteiger partial charge in [-0.15, -0.1) is 0 Å². The predicted molar refractivity (Wildman–Crippen MR) is 131 cm³/mol. The zero-order valence-corrected chi connectivity index (χ0v) is 20.3. The van der Waals surface area contributed by atoms with Crippen LogP contribution in [0, 0.1) is 0 Å². The maximum atomic E-state index is 12.5. The lowest BCUT2D eigenvalue weighted by Gasteiger charge is -2.22. The van der Waals surface area contributed by atoms with Gasteiger partial charge < -0.3 is 14.2 Å². The van der Waals surface area contributed by atoms with Crippen molar-refractivity contribution in [3.8, 4) is 5.75 Å². The van der Waals surface area contributed by atoms with Gasteiger partial charge in [0.25, 0.3) is 0 Å². The zero-order chi connectivity index (χ0) is 24.8. The number of rotatable bonds is 6. The molecule has 1 N–H and O–H groups in total. The number of carbonyl (C=O) groups excluding carboxylic acids is 2. The fraction of sp³-hybridized carbons (Fsp3) is 0.370. The summed E-state index contributed by atoms with van der Waals surface area (Å²) in [4.78, 5) is 24.6. The van der Waals surface area contributed by atoms with Crippen molar-refractivity contribution in [2.75, 3.05) is 5.32 Å². The van der Waals surface area contributed by atoms with Gasteiger partial charge in [0.1, 0.15) is 24.3 Å². The molecule has 0 spiro atoms. The number of hydrogen-bond donors (Lipinski definition) is 1. The van der Waals surface area contributed by atoms with Crippen molar-refractivity contribution in [3.63, 3.8) is 0 Å². The molecule has 184 valence electrons. The monoisotopic (exact) mass is 477 g/mol. The van der Waals surface area contributed by atoms with E-state index in [9.17, 15) is 9.59 Å². The normalized spacial score (nSPS) is 17.6. The fourth-order valence-electron chi connectivity index (χ4n) is 4.12. The second kappa shape index (κ2) is 10.6. The molecule has 1 saturated carbocycles. The van der Waals surface area contributed by atoms with Gasteiger partial charge in [-0.25, -0.2) is 14.3 Å². The molecule has 1 aliphatic carbocycles. The number of hydrogen-bond acceptors (Lipinski definition) is 6. The Labute approximate surface area is 205 Å². The van der Waals surface area contributed by atoms with Crippen LogP contribution in [0.2, 0.25) is 0 Å². The Bertz CT molecular complexity index is 1140. The minimum absolute atomic E-state index is 0.106. The van der Waals surface area contributed by atoms with Gasteiger partial charge in [0.05, 0.1) is 11.2 Å². The molecule has 3 aromatic rings. The van der Waals surface area contributed by atoms with Gasteiger partial charge in [-0.3, -0.25) is 5.32 Å². The van der Waals surface area contributed by atoms with E-state index in [2.05, 4.69) is 5.32 Å². The molecule has 1 aromatic heterocycles. The molecule has 2 aromatic carbocycles. The van der Waals surface area contributed by atoms with E-state index in [1.165, 1.54) is 0 Å². The summed E-state index contributed by atoms with van der Waals surface area (Å²) >= 11 is 0. The molecule has 4 rings (SSSR count). The van der Waals surface area contributed by atoms with Crippen LogP contribution in [0.4, 0.5) is 15.4 Å². The summed E-state index contributed by atoms with van der Waals surface area (Å²) in [6, 6.07) is 20.2. The first-order valence-corrected chi connectivity index (χ1v) is 11.8. The number of nitrogens with zero attached hydrogens (tertiary/aromatic N) is 2. The van der Waals surface area contributed by atoms with Crippen LogP contribution in [0.3, 0.4) is 0 Å². The Morgan fingerprint density at radius 3 is 2.40 bits per heavy atom. The maximum absolute atomic E-state index is 12.5. The lowest BCUT2D eigenvalue weighted by Crippen LogP contribution is -2.27. The summed E-state index contributed by atoms with van der Waals surface area (Å²) in [5.74, 6) is 1.12. The molecule has 0 unspecified atom stereocenters. The van der Waals surface area contributed by atoms with E-state index in [-0.39, 0.29) is 24.2 Å². The van der Waals surface area contributed by atoms with Crippen molar-refractivity contribution in [2.45, 2.75) is 64.2 Å². The highest BCUT2D eigenvalue weighted by Gasteiger charge is 2.32. The first-order valence-electron chi connectivity index (χ1n) is 11.8. The molecule has 8 heteroatoms. The van der Waals surface area contributed by atoms with Crippen molar-refractivity contribution in [1.82, 2.24) is 9.78 Å².